The Balaban J connectivity index is 1.27. The summed E-state index contributed by atoms with van der Waals surface area (Å²) in [6.07, 6.45) is 5.43. The van der Waals surface area contributed by atoms with Gasteiger partial charge in [-0.1, -0.05) is 24.0 Å². The number of ether oxygens (including phenoxy) is 2. The zero-order chi connectivity index (χ0) is 19.0. The van der Waals surface area contributed by atoms with Crippen LogP contribution in [0.15, 0.2) is 54.9 Å². The maximum Gasteiger partial charge on any atom is 0.199 e. The van der Waals surface area contributed by atoms with E-state index in [0.717, 1.165) is 66.9 Å². The van der Waals surface area contributed by atoms with E-state index in [-0.39, 0.29) is 6.29 Å². The SMILES string of the molecule is C(#Cc1ccc(OC2CCCCO2)cc1)CCNc1ncnc2ccccc12. The predicted octanol–water partition coefficient (Wildman–Crippen LogP) is 4.39. The fourth-order valence-electron chi connectivity index (χ4n) is 3.13. The molecule has 2 heterocycles. The highest BCUT2D eigenvalue weighted by molar-refractivity contribution is 5.88. The van der Waals surface area contributed by atoms with E-state index in [9.17, 15) is 0 Å². The van der Waals surface area contributed by atoms with E-state index >= 15 is 0 Å². The van der Waals surface area contributed by atoms with Crippen molar-refractivity contribution >= 4 is 16.7 Å². The second-order valence-electron chi connectivity index (χ2n) is 6.66. The fourth-order valence-corrected chi connectivity index (χ4v) is 3.13. The van der Waals surface area contributed by atoms with Crippen molar-refractivity contribution in [2.45, 2.75) is 32.0 Å². The summed E-state index contributed by atoms with van der Waals surface area (Å²) in [5, 5.41) is 4.36. The molecule has 1 fully saturated rings. The van der Waals surface area contributed by atoms with Crippen LogP contribution in [-0.4, -0.2) is 29.4 Å². The molecule has 0 spiro atoms. The Kier molecular flexibility index (Phi) is 6.01. The first-order valence-electron chi connectivity index (χ1n) is 9.69. The molecular weight excluding hydrogens is 350 g/mol. The standard InChI is InChI=1S/C23H23N3O2/c1-2-9-21-20(8-1)23(26-17-25-21)24-15-5-3-7-18-11-13-19(14-12-18)28-22-10-4-6-16-27-22/h1-2,8-9,11-14,17,22H,4-6,10,15-16H2,(H,24,25,26). The van der Waals surface area contributed by atoms with E-state index in [2.05, 4.69) is 27.1 Å². The molecule has 4 rings (SSSR count). The Morgan fingerprint density at radius 3 is 2.82 bits per heavy atom. The third-order valence-electron chi connectivity index (χ3n) is 4.58. The third-order valence-corrected chi connectivity index (χ3v) is 4.58. The van der Waals surface area contributed by atoms with Gasteiger partial charge in [-0.2, -0.15) is 0 Å². The molecule has 5 heteroatoms. The Morgan fingerprint density at radius 2 is 1.96 bits per heavy atom. The Bertz CT molecular complexity index is 965. The molecule has 2 aromatic carbocycles. The van der Waals surface area contributed by atoms with Crippen LogP contribution < -0.4 is 10.1 Å². The number of hydrogen-bond donors (Lipinski definition) is 1. The molecule has 1 aliphatic heterocycles. The van der Waals surface area contributed by atoms with E-state index in [4.69, 9.17) is 9.47 Å². The minimum atomic E-state index is -0.116. The molecule has 0 aliphatic carbocycles. The van der Waals surface area contributed by atoms with Gasteiger partial charge in [-0.3, -0.25) is 0 Å². The smallest absolute Gasteiger partial charge is 0.199 e. The number of para-hydroxylation sites is 1. The van der Waals surface area contributed by atoms with Crippen molar-refractivity contribution in [2.24, 2.45) is 0 Å². The van der Waals surface area contributed by atoms with Crippen molar-refractivity contribution in [1.82, 2.24) is 9.97 Å². The van der Waals surface area contributed by atoms with Crippen LogP contribution in [0.2, 0.25) is 0 Å². The first kappa shape index (κ1) is 18.3. The highest BCUT2D eigenvalue weighted by atomic mass is 16.7. The van der Waals surface area contributed by atoms with Gasteiger partial charge in [0.05, 0.1) is 12.1 Å². The Hall–Kier alpha value is -3.10. The molecule has 28 heavy (non-hydrogen) atoms. The average Bonchev–Trinajstić information content (AvgIpc) is 2.75. The summed E-state index contributed by atoms with van der Waals surface area (Å²) in [5.74, 6) is 8.06. The zero-order valence-electron chi connectivity index (χ0n) is 15.7. The van der Waals surface area contributed by atoms with Gasteiger partial charge in [-0.25, -0.2) is 9.97 Å². The molecule has 3 aromatic rings. The van der Waals surface area contributed by atoms with Crippen LogP contribution in [0.3, 0.4) is 0 Å². The molecule has 0 radical (unpaired) electrons. The Morgan fingerprint density at radius 1 is 1.07 bits per heavy atom. The first-order chi connectivity index (χ1) is 13.9. The van der Waals surface area contributed by atoms with Crippen LogP contribution in [0.5, 0.6) is 5.75 Å². The molecule has 1 N–H and O–H groups in total. The van der Waals surface area contributed by atoms with Crippen LogP contribution in [0.4, 0.5) is 5.82 Å². The van der Waals surface area contributed by atoms with E-state index in [1.807, 2.05) is 48.5 Å². The summed E-state index contributed by atoms with van der Waals surface area (Å²) < 4.78 is 11.4. The number of benzene rings is 2. The summed E-state index contributed by atoms with van der Waals surface area (Å²) in [5.41, 5.74) is 1.91. The van der Waals surface area contributed by atoms with Gasteiger partial charge in [0.2, 0.25) is 0 Å². The highest BCUT2D eigenvalue weighted by Crippen LogP contribution is 2.20. The van der Waals surface area contributed by atoms with Crippen molar-refractivity contribution in [1.29, 1.82) is 0 Å². The van der Waals surface area contributed by atoms with Crippen molar-refractivity contribution in [2.75, 3.05) is 18.5 Å². The van der Waals surface area contributed by atoms with Gasteiger partial charge < -0.3 is 14.8 Å². The van der Waals surface area contributed by atoms with Crippen LogP contribution in [0.1, 0.15) is 31.2 Å². The number of aromatic nitrogens is 2. The minimum Gasteiger partial charge on any atom is -0.465 e. The number of nitrogens with one attached hydrogen (secondary N) is 1. The maximum atomic E-state index is 5.84. The van der Waals surface area contributed by atoms with Gasteiger partial charge in [0.1, 0.15) is 17.9 Å². The van der Waals surface area contributed by atoms with Crippen molar-refractivity contribution < 1.29 is 9.47 Å². The quantitative estimate of drug-likeness (QED) is 0.531. The highest BCUT2D eigenvalue weighted by Gasteiger charge is 2.14. The largest absolute Gasteiger partial charge is 0.465 e. The minimum absolute atomic E-state index is 0.116. The molecule has 0 saturated carbocycles. The topological polar surface area (TPSA) is 56.3 Å². The van der Waals surface area contributed by atoms with Crippen molar-refractivity contribution in [3.05, 3.63) is 60.4 Å². The molecule has 0 bridgehead atoms. The first-order valence-corrected chi connectivity index (χ1v) is 9.69. The van der Waals surface area contributed by atoms with Crippen LogP contribution in [0, 0.1) is 11.8 Å². The maximum absolute atomic E-state index is 5.84. The lowest BCUT2D eigenvalue weighted by Gasteiger charge is -2.23. The van der Waals surface area contributed by atoms with Crippen molar-refractivity contribution in [3.63, 3.8) is 0 Å². The van der Waals surface area contributed by atoms with Crippen molar-refractivity contribution in [3.8, 4) is 17.6 Å². The van der Waals surface area contributed by atoms with Crippen LogP contribution >= 0.6 is 0 Å². The van der Waals surface area contributed by atoms with E-state index in [0.29, 0.717) is 0 Å². The van der Waals surface area contributed by atoms with E-state index in [1.165, 1.54) is 0 Å². The van der Waals surface area contributed by atoms with Crippen LogP contribution in [-0.2, 0) is 4.74 Å². The van der Waals surface area contributed by atoms with Gasteiger partial charge in [0.25, 0.3) is 0 Å². The zero-order valence-corrected chi connectivity index (χ0v) is 15.7. The molecule has 142 valence electrons. The summed E-state index contributed by atoms with van der Waals surface area (Å²) in [6.45, 7) is 1.52. The van der Waals surface area contributed by atoms with Gasteiger partial charge in [0.15, 0.2) is 6.29 Å². The molecular formula is C23H23N3O2. The Labute approximate surface area is 165 Å². The lowest BCUT2D eigenvalue weighted by Crippen LogP contribution is -2.24. The fraction of sp³-hybridized carbons (Fsp3) is 0.304. The third kappa shape index (κ3) is 4.79. The second-order valence-corrected chi connectivity index (χ2v) is 6.66. The summed E-state index contributed by atoms with van der Waals surface area (Å²) >= 11 is 0. The van der Waals surface area contributed by atoms with Crippen LogP contribution in [0.25, 0.3) is 10.9 Å². The lowest BCUT2D eigenvalue weighted by molar-refractivity contribution is -0.105. The van der Waals surface area contributed by atoms with Gasteiger partial charge in [-0.15, -0.1) is 0 Å². The summed E-state index contributed by atoms with van der Waals surface area (Å²) in [6, 6.07) is 15.8. The van der Waals surface area contributed by atoms with Gasteiger partial charge >= 0.3 is 0 Å². The van der Waals surface area contributed by atoms with E-state index in [1.54, 1.807) is 6.33 Å². The van der Waals surface area contributed by atoms with E-state index < -0.39 is 0 Å². The lowest BCUT2D eigenvalue weighted by atomic mass is 10.2. The molecule has 1 saturated heterocycles. The second kappa shape index (κ2) is 9.20. The number of anilines is 1. The number of nitrogens with zero attached hydrogens (tertiary/aromatic N) is 2. The number of rotatable bonds is 5. The number of hydrogen-bond acceptors (Lipinski definition) is 5. The summed E-state index contributed by atoms with van der Waals surface area (Å²) in [4.78, 5) is 8.60. The normalized spacial score (nSPS) is 16.2. The monoisotopic (exact) mass is 373 g/mol. The molecule has 1 aromatic heterocycles. The molecule has 1 aliphatic rings. The molecule has 1 atom stereocenters. The molecule has 0 amide bonds. The molecule has 5 nitrogen and oxygen atoms in total. The average molecular weight is 373 g/mol. The molecule has 1 unspecified atom stereocenters. The predicted molar refractivity (Wildman–Crippen MR) is 110 cm³/mol. The summed E-state index contributed by atoms with van der Waals surface area (Å²) in [7, 11) is 0. The van der Waals surface area contributed by atoms with Gasteiger partial charge in [0, 0.05) is 30.3 Å². The van der Waals surface area contributed by atoms with Gasteiger partial charge in [-0.05, 0) is 49.2 Å². The number of fused-ring (bicyclic) bond motifs is 1.